The summed E-state index contributed by atoms with van der Waals surface area (Å²) in [5.74, 6) is 0.673. The van der Waals surface area contributed by atoms with Gasteiger partial charge < -0.3 is 9.64 Å². The lowest BCUT2D eigenvalue weighted by Crippen LogP contribution is -2.42. The van der Waals surface area contributed by atoms with E-state index in [1.54, 1.807) is 0 Å². The average molecular weight is 374 g/mol. The minimum atomic E-state index is -0.512. The predicted molar refractivity (Wildman–Crippen MR) is 109 cm³/mol. The Balaban J connectivity index is 2.02. The number of carbonyl (C=O) groups is 2. The number of benzene rings is 1. The molecule has 1 fully saturated rings. The fourth-order valence-electron chi connectivity index (χ4n) is 3.77. The van der Waals surface area contributed by atoms with E-state index in [4.69, 9.17) is 4.74 Å². The molecule has 1 aromatic carbocycles. The van der Waals surface area contributed by atoms with Crippen molar-refractivity contribution in [2.75, 3.05) is 13.1 Å². The third-order valence-corrected chi connectivity index (χ3v) is 5.61. The normalized spacial score (nSPS) is 19.6. The van der Waals surface area contributed by atoms with Crippen LogP contribution in [0.3, 0.4) is 0 Å². The van der Waals surface area contributed by atoms with Gasteiger partial charge in [-0.2, -0.15) is 0 Å². The Labute approximate surface area is 164 Å². The van der Waals surface area contributed by atoms with Crippen LogP contribution in [0.2, 0.25) is 0 Å². The fraction of sp³-hybridized carbons (Fsp3) is 0.652. The van der Waals surface area contributed by atoms with Gasteiger partial charge in [0, 0.05) is 24.9 Å². The van der Waals surface area contributed by atoms with Gasteiger partial charge in [0.1, 0.15) is 11.4 Å². The summed E-state index contributed by atoms with van der Waals surface area (Å²) in [5.41, 5.74) is 0.402. The van der Waals surface area contributed by atoms with E-state index in [1.165, 1.54) is 5.56 Å². The molecular weight excluding hydrogens is 338 g/mol. The summed E-state index contributed by atoms with van der Waals surface area (Å²) in [6, 6.07) is 10.2. The Bertz CT molecular complexity index is 631. The van der Waals surface area contributed by atoms with Crippen molar-refractivity contribution in [2.24, 2.45) is 11.3 Å². The van der Waals surface area contributed by atoms with Gasteiger partial charge in [0.15, 0.2) is 0 Å². The molecule has 0 N–H and O–H groups in total. The molecule has 0 aliphatic heterocycles. The molecule has 1 atom stereocenters. The van der Waals surface area contributed by atoms with E-state index in [-0.39, 0.29) is 11.5 Å². The summed E-state index contributed by atoms with van der Waals surface area (Å²) in [5, 5.41) is 0. The highest BCUT2D eigenvalue weighted by molar-refractivity contribution is 5.85. The Morgan fingerprint density at radius 1 is 1.19 bits per heavy atom. The van der Waals surface area contributed by atoms with Gasteiger partial charge in [0.25, 0.3) is 0 Å². The molecule has 0 radical (unpaired) electrons. The molecule has 1 aliphatic rings. The van der Waals surface area contributed by atoms with Gasteiger partial charge in [-0.15, -0.1) is 0 Å². The van der Waals surface area contributed by atoms with E-state index in [1.807, 2.05) is 43.9 Å². The Morgan fingerprint density at radius 2 is 1.85 bits per heavy atom. The van der Waals surface area contributed by atoms with Crippen LogP contribution in [-0.4, -0.2) is 35.5 Å². The van der Waals surface area contributed by atoms with E-state index in [2.05, 4.69) is 26.0 Å². The summed E-state index contributed by atoms with van der Waals surface area (Å²) in [7, 11) is 0. The zero-order chi connectivity index (χ0) is 20.1. The Kier molecular flexibility index (Phi) is 7.07. The van der Waals surface area contributed by atoms with E-state index in [9.17, 15) is 9.59 Å². The molecule has 1 amide bonds. The first-order valence-corrected chi connectivity index (χ1v) is 10.1. The largest absolute Gasteiger partial charge is 0.444 e. The average Bonchev–Trinajstić information content (AvgIpc) is 2.58. The molecule has 2 rings (SSSR count). The zero-order valence-electron chi connectivity index (χ0n) is 17.6. The topological polar surface area (TPSA) is 46.6 Å². The first-order chi connectivity index (χ1) is 12.6. The number of carbonyl (C=O) groups excluding carboxylic acids is 2. The Morgan fingerprint density at radius 3 is 2.48 bits per heavy atom. The van der Waals surface area contributed by atoms with Gasteiger partial charge in [0.2, 0.25) is 0 Å². The van der Waals surface area contributed by atoms with Crippen LogP contribution in [0.1, 0.15) is 65.9 Å². The summed E-state index contributed by atoms with van der Waals surface area (Å²) in [4.78, 5) is 26.8. The van der Waals surface area contributed by atoms with E-state index >= 15 is 0 Å². The quantitative estimate of drug-likeness (QED) is 0.684. The number of rotatable bonds is 6. The van der Waals surface area contributed by atoms with E-state index in [0.717, 1.165) is 25.7 Å². The van der Waals surface area contributed by atoms with Crippen molar-refractivity contribution in [1.82, 2.24) is 4.90 Å². The van der Waals surface area contributed by atoms with Gasteiger partial charge in [-0.3, -0.25) is 4.79 Å². The highest BCUT2D eigenvalue weighted by Crippen LogP contribution is 2.40. The van der Waals surface area contributed by atoms with Crippen molar-refractivity contribution in [3.63, 3.8) is 0 Å². The fourth-order valence-corrected chi connectivity index (χ4v) is 3.77. The van der Waals surface area contributed by atoms with E-state index in [0.29, 0.717) is 31.2 Å². The summed E-state index contributed by atoms with van der Waals surface area (Å²) in [6.07, 6.45) is 4.08. The van der Waals surface area contributed by atoms with Crippen LogP contribution in [0.15, 0.2) is 30.3 Å². The second kappa shape index (κ2) is 8.90. The molecule has 1 saturated carbocycles. The lowest BCUT2D eigenvalue weighted by atomic mass is 9.67. The maximum Gasteiger partial charge on any atom is 0.410 e. The second-order valence-corrected chi connectivity index (χ2v) is 9.23. The number of amides is 1. The smallest absolute Gasteiger partial charge is 0.410 e. The molecule has 0 aromatic heterocycles. The van der Waals surface area contributed by atoms with Crippen LogP contribution in [0.25, 0.3) is 0 Å². The van der Waals surface area contributed by atoms with Gasteiger partial charge >= 0.3 is 6.09 Å². The molecule has 4 heteroatoms. The first kappa shape index (κ1) is 21.5. The standard InChI is InChI=1S/C23H35NO3/c1-22(2,3)27-21(26)24(16-14-18-10-7-6-8-11-18)17-15-19-12-9-13-20(25)23(19,4)5/h6-8,10-11,19H,9,12-17H2,1-5H3/t19-/m0/s1. The maximum atomic E-state index is 12.7. The molecular formula is C23H35NO3. The number of hydrogen-bond donors (Lipinski definition) is 0. The number of ketones is 1. The minimum Gasteiger partial charge on any atom is -0.444 e. The summed E-state index contributed by atoms with van der Waals surface area (Å²) < 4.78 is 5.62. The third-order valence-electron chi connectivity index (χ3n) is 5.61. The van der Waals surface area contributed by atoms with Crippen molar-refractivity contribution in [3.05, 3.63) is 35.9 Å². The monoisotopic (exact) mass is 373 g/mol. The zero-order valence-corrected chi connectivity index (χ0v) is 17.6. The van der Waals surface area contributed by atoms with Crippen LogP contribution >= 0.6 is 0 Å². The number of ether oxygens (including phenoxy) is 1. The van der Waals surface area contributed by atoms with Crippen molar-refractivity contribution >= 4 is 11.9 Å². The number of Topliss-reactive ketones (excluding diaryl/α,β-unsaturated/α-hetero) is 1. The molecule has 27 heavy (non-hydrogen) atoms. The van der Waals surface area contributed by atoms with Gasteiger partial charge in [-0.1, -0.05) is 44.2 Å². The summed E-state index contributed by atoms with van der Waals surface area (Å²) >= 11 is 0. The molecule has 1 aliphatic carbocycles. The molecule has 150 valence electrons. The third kappa shape index (κ3) is 6.37. The predicted octanol–water partition coefficient (Wildman–Crippen LogP) is 5.25. The molecule has 4 nitrogen and oxygen atoms in total. The number of hydrogen-bond acceptors (Lipinski definition) is 3. The molecule has 0 bridgehead atoms. The van der Waals surface area contributed by atoms with Crippen LogP contribution in [0.5, 0.6) is 0 Å². The first-order valence-electron chi connectivity index (χ1n) is 10.1. The van der Waals surface area contributed by atoms with Crippen molar-refractivity contribution in [3.8, 4) is 0 Å². The van der Waals surface area contributed by atoms with Crippen molar-refractivity contribution < 1.29 is 14.3 Å². The van der Waals surface area contributed by atoms with Crippen LogP contribution in [0.4, 0.5) is 4.79 Å². The summed E-state index contributed by atoms with van der Waals surface area (Å²) in [6.45, 7) is 11.0. The molecule has 0 spiro atoms. The Hall–Kier alpha value is -1.84. The van der Waals surface area contributed by atoms with Gasteiger partial charge in [-0.05, 0) is 57.9 Å². The highest BCUT2D eigenvalue weighted by atomic mass is 16.6. The number of nitrogens with zero attached hydrogens (tertiary/aromatic N) is 1. The van der Waals surface area contributed by atoms with Gasteiger partial charge in [0.05, 0.1) is 0 Å². The van der Waals surface area contributed by atoms with Crippen LogP contribution in [-0.2, 0) is 16.0 Å². The SMILES string of the molecule is CC(C)(C)OC(=O)N(CCc1ccccc1)CC[C@@H]1CCCC(=O)C1(C)C. The lowest BCUT2D eigenvalue weighted by Gasteiger charge is -2.38. The van der Waals surface area contributed by atoms with Crippen LogP contribution in [0, 0.1) is 11.3 Å². The highest BCUT2D eigenvalue weighted by Gasteiger charge is 2.39. The minimum absolute atomic E-state index is 0.265. The maximum absolute atomic E-state index is 12.7. The second-order valence-electron chi connectivity index (χ2n) is 9.23. The molecule has 0 saturated heterocycles. The van der Waals surface area contributed by atoms with Crippen molar-refractivity contribution in [2.45, 2.75) is 72.3 Å². The van der Waals surface area contributed by atoms with Crippen LogP contribution < -0.4 is 0 Å². The lowest BCUT2D eigenvalue weighted by molar-refractivity contribution is -0.132. The van der Waals surface area contributed by atoms with Crippen molar-refractivity contribution in [1.29, 1.82) is 0 Å². The molecule has 0 heterocycles. The van der Waals surface area contributed by atoms with Gasteiger partial charge in [-0.25, -0.2) is 4.79 Å². The van der Waals surface area contributed by atoms with E-state index < -0.39 is 5.60 Å². The molecule has 1 aromatic rings. The molecule has 0 unspecified atom stereocenters.